The minimum atomic E-state index is -1.43. The zero-order chi connectivity index (χ0) is 39.4. The highest BCUT2D eigenvalue weighted by molar-refractivity contribution is 5.97. The van der Waals surface area contributed by atoms with Gasteiger partial charge in [-0.3, -0.25) is 23.9 Å². The third kappa shape index (κ3) is 7.07. The minimum Gasteiger partial charge on any atom is -0.497 e. The molecule has 2 aliphatic rings. The van der Waals surface area contributed by atoms with Crippen LogP contribution in [0.15, 0.2) is 121 Å². The molecule has 56 heavy (non-hydrogen) atoms. The number of carbonyl (C=O) groups excluding carboxylic acids is 2. The summed E-state index contributed by atoms with van der Waals surface area (Å²) >= 11 is 0. The Labute approximate surface area is 322 Å². The van der Waals surface area contributed by atoms with Gasteiger partial charge in [-0.05, 0) is 53.1 Å². The number of methoxy groups -OCH3 is 2. The standard InChI is InChI=1S/C42H41N5O9/c1-53-30-17-13-28(14-18-30)42(27-11-7-4-8-12-27,29-15-19-31(54-2)20-16-29)38(51)37-32(55-35(50)22-21-34(48)49)23-33(56-37)46-24-44-36-39(43)47(25-45-40(36)46)41(52)26-9-5-3-6-10-26/h3-20,24,32-33,37-38,51H,21-23,25,43H2,1-2H3,(H,48,49)/t32-,33+,37-,38?/m0/s1. The maximum Gasteiger partial charge on any atom is 0.306 e. The number of aliphatic carboxylic acids is 1. The Balaban J connectivity index is 1.33. The van der Waals surface area contributed by atoms with Gasteiger partial charge in [-0.2, -0.15) is 0 Å². The smallest absolute Gasteiger partial charge is 0.306 e. The second-order valence-electron chi connectivity index (χ2n) is 13.4. The summed E-state index contributed by atoms with van der Waals surface area (Å²) in [6.45, 7) is -0.0866. The first kappa shape index (κ1) is 37.8. The molecule has 4 atom stereocenters. The third-order valence-corrected chi connectivity index (χ3v) is 10.3. The van der Waals surface area contributed by atoms with Gasteiger partial charge in [0.2, 0.25) is 0 Å². The largest absolute Gasteiger partial charge is 0.497 e. The Bertz CT molecular complexity index is 2270. The van der Waals surface area contributed by atoms with E-state index < -0.39 is 48.3 Å². The van der Waals surface area contributed by atoms with Gasteiger partial charge in [-0.15, -0.1) is 0 Å². The molecule has 1 aromatic heterocycles. The number of hydrogen-bond donors (Lipinski definition) is 3. The number of amides is 1. The summed E-state index contributed by atoms with van der Waals surface area (Å²) in [5.41, 5.74) is 8.06. The van der Waals surface area contributed by atoms with Crippen molar-refractivity contribution in [3.8, 4) is 11.5 Å². The topological polar surface area (TPSA) is 188 Å². The van der Waals surface area contributed by atoms with E-state index in [0.717, 1.165) is 0 Å². The molecule has 14 heteroatoms. The van der Waals surface area contributed by atoms with E-state index in [4.69, 9.17) is 24.7 Å². The van der Waals surface area contributed by atoms with E-state index in [1.165, 1.54) is 11.2 Å². The van der Waals surface area contributed by atoms with Crippen LogP contribution in [-0.4, -0.2) is 81.7 Å². The van der Waals surface area contributed by atoms with Crippen molar-refractivity contribution in [2.45, 2.75) is 49.2 Å². The van der Waals surface area contributed by atoms with E-state index in [-0.39, 0.29) is 36.6 Å². The van der Waals surface area contributed by atoms with Crippen LogP contribution >= 0.6 is 0 Å². The van der Waals surface area contributed by atoms with E-state index in [1.807, 2.05) is 60.7 Å². The van der Waals surface area contributed by atoms with Crippen LogP contribution in [0.2, 0.25) is 0 Å². The molecule has 0 aliphatic carbocycles. The molecule has 1 amide bonds. The van der Waals surface area contributed by atoms with E-state index in [9.17, 15) is 24.6 Å². The van der Waals surface area contributed by atoms with Crippen molar-refractivity contribution >= 4 is 23.7 Å². The first-order valence-electron chi connectivity index (χ1n) is 18.0. The molecule has 0 saturated carbocycles. The summed E-state index contributed by atoms with van der Waals surface area (Å²) in [6.07, 6.45) is -3.84. The fourth-order valence-corrected chi connectivity index (χ4v) is 7.49. The Kier molecular flexibility index (Phi) is 10.8. The van der Waals surface area contributed by atoms with Gasteiger partial charge in [0.15, 0.2) is 5.49 Å². The molecule has 0 radical (unpaired) electrons. The Morgan fingerprint density at radius 2 is 1.43 bits per heavy atom. The first-order chi connectivity index (χ1) is 27.1. The van der Waals surface area contributed by atoms with Crippen LogP contribution in [0.25, 0.3) is 5.82 Å². The van der Waals surface area contributed by atoms with Gasteiger partial charge < -0.3 is 34.9 Å². The van der Waals surface area contributed by atoms with Crippen molar-refractivity contribution in [2.75, 3.05) is 20.9 Å². The van der Waals surface area contributed by atoms with E-state index in [2.05, 4.69) is 9.98 Å². The third-order valence-electron chi connectivity index (χ3n) is 10.3. The number of carboxylic acids is 1. The predicted octanol–water partition coefficient (Wildman–Crippen LogP) is 3.12. The number of benzene rings is 4. The normalized spacial score (nSPS) is 18.4. The number of esters is 1. The molecule has 1 unspecified atom stereocenters. The number of nitrogens with zero attached hydrogens (tertiary/aromatic N) is 4. The highest BCUT2D eigenvalue weighted by Crippen LogP contribution is 2.47. The number of rotatable bonds is 13. The van der Waals surface area contributed by atoms with E-state index in [0.29, 0.717) is 39.2 Å². The second kappa shape index (κ2) is 16.1. The quantitative estimate of drug-likeness (QED) is 0.118. The summed E-state index contributed by atoms with van der Waals surface area (Å²) in [5, 5.41) is 22.6. The number of carboxylic acid groups (broad SMARTS) is 1. The number of fused-ring (bicyclic) bond motifs is 1. The Morgan fingerprint density at radius 1 is 0.857 bits per heavy atom. The Hall–Kier alpha value is -6.51. The van der Waals surface area contributed by atoms with Gasteiger partial charge in [-0.1, -0.05) is 72.8 Å². The molecule has 1 saturated heterocycles. The lowest BCUT2D eigenvalue weighted by Crippen LogP contribution is -2.52. The van der Waals surface area contributed by atoms with E-state index >= 15 is 0 Å². The molecule has 4 aromatic carbocycles. The van der Waals surface area contributed by atoms with Gasteiger partial charge in [-0.25, -0.2) is 9.98 Å². The molecule has 4 N–H and O–H groups in total. The molecule has 288 valence electrons. The number of nitrogens with two attached hydrogens (primary N) is 1. The maximum atomic E-state index is 13.3. The van der Waals surface area contributed by atoms with Crippen LogP contribution in [0.4, 0.5) is 0 Å². The van der Waals surface area contributed by atoms with Crippen LogP contribution in [0.3, 0.4) is 0 Å². The number of ether oxygens (including phenoxy) is 4. The van der Waals surface area contributed by atoms with Crippen LogP contribution in [0.1, 0.15) is 52.5 Å². The predicted molar refractivity (Wildman–Crippen MR) is 202 cm³/mol. The zero-order valence-electron chi connectivity index (χ0n) is 30.7. The molecule has 0 bridgehead atoms. The minimum absolute atomic E-state index is 0.0432. The van der Waals surface area contributed by atoms with Crippen molar-refractivity contribution < 1.29 is 43.5 Å². The van der Waals surface area contributed by atoms with Crippen molar-refractivity contribution in [3.05, 3.63) is 149 Å². The fourth-order valence-electron chi connectivity index (χ4n) is 7.49. The summed E-state index contributed by atoms with van der Waals surface area (Å²) in [5.74, 6) is -0.928. The van der Waals surface area contributed by atoms with Crippen molar-refractivity contribution in [1.82, 2.24) is 14.5 Å². The summed E-state index contributed by atoms with van der Waals surface area (Å²) in [6, 6.07) is 32.8. The second-order valence-corrected chi connectivity index (χ2v) is 13.4. The van der Waals surface area contributed by atoms with Crippen molar-refractivity contribution in [1.29, 1.82) is 0 Å². The molecule has 14 nitrogen and oxygen atoms in total. The molecular formula is C42H41N5O9. The lowest BCUT2D eigenvalue weighted by Gasteiger charge is -2.43. The number of carbonyl (C=O) groups is 3. The average Bonchev–Trinajstić information content (AvgIpc) is 3.86. The molecule has 3 heterocycles. The van der Waals surface area contributed by atoms with Gasteiger partial charge >= 0.3 is 11.9 Å². The SMILES string of the molecule is COc1ccc(C(c2ccccc2)(c2ccc(OC)cc2)C(O)[C@H]2O[C@@H](n3cnc4c3=NCN(C(=O)c3ccccc3)C=4N)C[C@@H]2OC(=O)CCC(=O)O)cc1. The van der Waals surface area contributed by atoms with Crippen molar-refractivity contribution in [3.63, 3.8) is 0 Å². The fraction of sp³-hybridized carbons (Fsp3) is 0.262. The average molecular weight is 760 g/mol. The molecule has 2 aliphatic heterocycles. The summed E-state index contributed by atoms with van der Waals surface area (Å²) < 4.78 is 25.3. The van der Waals surface area contributed by atoms with Crippen LogP contribution in [0, 0.1) is 0 Å². The highest BCUT2D eigenvalue weighted by Gasteiger charge is 2.53. The van der Waals surface area contributed by atoms with Crippen molar-refractivity contribution in [2.24, 2.45) is 10.7 Å². The molecule has 7 rings (SSSR count). The van der Waals surface area contributed by atoms with Gasteiger partial charge in [0.1, 0.15) is 53.9 Å². The first-order valence-corrected chi connectivity index (χ1v) is 18.0. The summed E-state index contributed by atoms with van der Waals surface area (Å²) in [4.78, 5) is 48.4. The lowest BCUT2D eigenvalue weighted by atomic mass is 9.64. The monoisotopic (exact) mass is 759 g/mol. The highest BCUT2D eigenvalue weighted by atomic mass is 16.6. The number of aliphatic hydroxyl groups excluding tert-OH is 1. The van der Waals surface area contributed by atoms with Crippen LogP contribution < -0.4 is 26.0 Å². The molecule has 5 aromatic rings. The van der Waals surface area contributed by atoms with Gasteiger partial charge in [0, 0.05) is 12.0 Å². The number of aliphatic hydroxyl groups is 1. The van der Waals surface area contributed by atoms with Crippen LogP contribution in [-0.2, 0) is 24.5 Å². The Morgan fingerprint density at radius 3 is 2.00 bits per heavy atom. The van der Waals surface area contributed by atoms with Gasteiger partial charge in [0.05, 0.1) is 38.8 Å². The molecule has 0 spiro atoms. The number of aromatic nitrogens is 2. The maximum absolute atomic E-state index is 13.3. The number of imidazole rings is 1. The number of hydrogen-bond acceptors (Lipinski definition) is 11. The lowest BCUT2D eigenvalue weighted by molar-refractivity contribution is -0.159. The zero-order valence-corrected chi connectivity index (χ0v) is 30.7. The molecule has 1 fully saturated rings. The van der Waals surface area contributed by atoms with E-state index in [1.54, 1.807) is 67.3 Å². The van der Waals surface area contributed by atoms with Gasteiger partial charge in [0.25, 0.3) is 5.91 Å². The van der Waals surface area contributed by atoms with Crippen LogP contribution in [0.5, 0.6) is 11.5 Å². The summed E-state index contributed by atoms with van der Waals surface area (Å²) in [7, 11) is 3.14. The molecular weight excluding hydrogens is 718 g/mol.